The minimum atomic E-state index is -0.821. The number of rotatable bonds is 7. The standard InChI is InChI=1S/C26H22Cl2N4O6/c1-26(2,3)25(35)30-18-7-4-15(5-8-18)23(33)31-29-14-16-12-19(32(36)37)9-11-22(16)38-24(34)20-10-6-17(27)13-21(20)28/h4-14H,1-3H3,(H,30,35)(H,31,33)/b29-14+. The molecule has 12 heteroatoms. The van der Waals surface area contributed by atoms with Gasteiger partial charge in [0.25, 0.3) is 11.6 Å². The molecule has 0 radical (unpaired) electrons. The van der Waals surface area contributed by atoms with E-state index in [-0.39, 0.29) is 39.1 Å². The van der Waals surface area contributed by atoms with Crippen molar-refractivity contribution in [1.29, 1.82) is 0 Å². The van der Waals surface area contributed by atoms with Crippen molar-refractivity contribution >= 4 is 58.6 Å². The number of anilines is 1. The first-order valence-electron chi connectivity index (χ1n) is 11.1. The van der Waals surface area contributed by atoms with E-state index in [1.54, 1.807) is 32.9 Å². The first-order valence-corrected chi connectivity index (χ1v) is 11.8. The Morgan fingerprint density at radius 1 is 1.00 bits per heavy atom. The maximum atomic E-state index is 12.6. The molecule has 10 nitrogen and oxygen atoms in total. The maximum absolute atomic E-state index is 12.6. The third-order valence-electron chi connectivity index (χ3n) is 5.01. The number of nitro groups is 1. The van der Waals surface area contributed by atoms with Gasteiger partial charge in [-0.2, -0.15) is 5.10 Å². The van der Waals surface area contributed by atoms with Gasteiger partial charge in [-0.1, -0.05) is 44.0 Å². The third kappa shape index (κ3) is 7.37. The van der Waals surface area contributed by atoms with Crippen LogP contribution in [0.25, 0.3) is 0 Å². The summed E-state index contributed by atoms with van der Waals surface area (Å²) in [6.07, 6.45) is 1.11. The molecule has 3 rings (SSSR count). The number of hydrogen-bond acceptors (Lipinski definition) is 7. The lowest BCUT2D eigenvalue weighted by molar-refractivity contribution is -0.384. The normalized spacial score (nSPS) is 11.2. The Labute approximate surface area is 227 Å². The zero-order valence-electron chi connectivity index (χ0n) is 20.5. The van der Waals surface area contributed by atoms with Gasteiger partial charge in [0, 0.05) is 39.4 Å². The highest BCUT2D eigenvalue weighted by Crippen LogP contribution is 2.26. The minimum absolute atomic E-state index is 0.0350. The number of nitrogens with one attached hydrogen (secondary N) is 2. The molecule has 2 amide bonds. The van der Waals surface area contributed by atoms with E-state index < -0.39 is 22.2 Å². The molecule has 2 N–H and O–H groups in total. The largest absolute Gasteiger partial charge is 0.422 e. The second kappa shape index (κ2) is 11.8. The van der Waals surface area contributed by atoms with Crippen molar-refractivity contribution in [3.05, 3.63) is 97.5 Å². The lowest BCUT2D eigenvalue weighted by Gasteiger charge is -2.17. The average molecular weight is 557 g/mol. The van der Waals surface area contributed by atoms with E-state index in [1.165, 1.54) is 36.4 Å². The zero-order valence-corrected chi connectivity index (χ0v) is 22.0. The molecule has 0 aromatic heterocycles. The highest BCUT2D eigenvalue weighted by Gasteiger charge is 2.21. The number of carbonyl (C=O) groups is 3. The van der Waals surface area contributed by atoms with Gasteiger partial charge >= 0.3 is 5.97 Å². The number of ether oxygens (including phenoxy) is 1. The highest BCUT2D eigenvalue weighted by molar-refractivity contribution is 6.36. The molecule has 0 aliphatic heterocycles. The van der Waals surface area contributed by atoms with E-state index in [9.17, 15) is 24.5 Å². The summed E-state index contributed by atoms with van der Waals surface area (Å²) >= 11 is 11.9. The fraction of sp³-hybridized carbons (Fsp3) is 0.154. The smallest absolute Gasteiger partial charge is 0.345 e. The van der Waals surface area contributed by atoms with Gasteiger partial charge < -0.3 is 10.1 Å². The van der Waals surface area contributed by atoms with E-state index in [2.05, 4.69) is 15.8 Å². The summed E-state index contributed by atoms with van der Waals surface area (Å²) < 4.78 is 5.37. The van der Waals surface area contributed by atoms with Crippen molar-refractivity contribution in [2.75, 3.05) is 5.32 Å². The number of amides is 2. The second-order valence-electron chi connectivity index (χ2n) is 8.97. The summed E-state index contributed by atoms with van der Waals surface area (Å²) in [6.45, 7) is 5.34. The van der Waals surface area contributed by atoms with Crippen LogP contribution in [-0.4, -0.2) is 28.9 Å². The minimum Gasteiger partial charge on any atom is -0.422 e. The van der Waals surface area contributed by atoms with Crippen molar-refractivity contribution in [2.45, 2.75) is 20.8 Å². The molecule has 3 aromatic rings. The van der Waals surface area contributed by atoms with Crippen molar-refractivity contribution < 1.29 is 24.0 Å². The molecule has 0 unspecified atom stereocenters. The molecule has 0 saturated carbocycles. The number of non-ortho nitro benzene ring substituents is 1. The molecular formula is C26H22Cl2N4O6. The van der Waals surface area contributed by atoms with Crippen LogP contribution >= 0.6 is 23.2 Å². The first kappa shape index (κ1) is 28.3. The number of halogens is 2. The number of esters is 1. The highest BCUT2D eigenvalue weighted by atomic mass is 35.5. The van der Waals surface area contributed by atoms with Gasteiger partial charge in [-0.3, -0.25) is 19.7 Å². The summed E-state index contributed by atoms with van der Waals surface area (Å²) in [4.78, 5) is 47.8. The van der Waals surface area contributed by atoms with Gasteiger partial charge in [0.2, 0.25) is 5.91 Å². The van der Waals surface area contributed by atoms with Gasteiger partial charge in [0.1, 0.15) is 5.75 Å². The summed E-state index contributed by atoms with van der Waals surface area (Å²) in [6, 6.07) is 13.9. The Morgan fingerprint density at radius 2 is 1.68 bits per heavy atom. The Morgan fingerprint density at radius 3 is 2.29 bits per heavy atom. The molecule has 196 valence electrons. The second-order valence-corrected chi connectivity index (χ2v) is 9.82. The fourth-order valence-electron chi connectivity index (χ4n) is 2.90. The van der Waals surface area contributed by atoms with Crippen LogP contribution in [-0.2, 0) is 4.79 Å². The van der Waals surface area contributed by atoms with Crippen molar-refractivity contribution in [3.8, 4) is 5.75 Å². The van der Waals surface area contributed by atoms with E-state index in [0.717, 1.165) is 18.3 Å². The quantitative estimate of drug-likeness (QED) is 0.122. The van der Waals surface area contributed by atoms with Crippen molar-refractivity contribution in [1.82, 2.24) is 5.43 Å². The van der Waals surface area contributed by atoms with Crippen molar-refractivity contribution in [3.63, 3.8) is 0 Å². The summed E-state index contributed by atoms with van der Waals surface area (Å²) in [7, 11) is 0. The number of carbonyl (C=O) groups excluding carboxylic acids is 3. The number of hydrogen-bond donors (Lipinski definition) is 2. The third-order valence-corrected chi connectivity index (χ3v) is 5.56. The molecule has 0 atom stereocenters. The molecule has 0 heterocycles. The molecular weight excluding hydrogens is 535 g/mol. The van der Waals surface area contributed by atoms with Crippen LogP contribution in [0, 0.1) is 15.5 Å². The van der Waals surface area contributed by atoms with Crippen LogP contribution in [0.4, 0.5) is 11.4 Å². The molecule has 0 spiro atoms. The Hall–Kier alpha value is -4.28. The van der Waals surface area contributed by atoms with Gasteiger partial charge in [0.15, 0.2) is 0 Å². The zero-order chi connectivity index (χ0) is 28.0. The molecule has 0 fully saturated rings. The van der Waals surface area contributed by atoms with Gasteiger partial charge in [-0.05, 0) is 48.5 Å². The van der Waals surface area contributed by atoms with Crippen LogP contribution in [0.5, 0.6) is 5.75 Å². The van der Waals surface area contributed by atoms with E-state index in [0.29, 0.717) is 10.7 Å². The van der Waals surface area contributed by atoms with E-state index in [4.69, 9.17) is 27.9 Å². The predicted molar refractivity (Wildman–Crippen MR) is 144 cm³/mol. The molecule has 0 bridgehead atoms. The Bertz CT molecular complexity index is 1430. The van der Waals surface area contributed by atoms with Crippen LogP contribution in [0.2, 0.25) is 10.0 Å². The van der Waals surface area contributed by atoms with Gasteiger partial charge in [0.05, 0.1) is 21.7 Å². The summed E-state index contributed by atoms with van der Waals surface area (Å²) in [5.41, 5.74) is 2.30. The average Bonchev–Trinajstić information content (AvgIpc) is 2.84. The van der Waals surface area contributed by atoms with Crippen molar-refractivity contribution in [2.24, 2.45) is 10.5 Å². The lowest BCUT2D eigenvalue weighted by Crippen LogP contribution is -2.27. The Kier molecular flexibility index (Phi) is 8.82. The van der Waals surface area contributed by atoms with Crippen LogP contribution < -0.4 is 15.5 Å². The molecule has 38 heavy (non-hydrogen) atoms. The molecule has 0 aliphatic rings. The fourth-order valence-corrected chi connectivity index (χ4v) is 3.39. The SMILES string of the molecule is CC(C)(C)C(=O)Nc1ccc(C(=O)N/N=C/c2cc([N+](=O)[O-])ccc2OC(=O)c2ccc(Cl)cc2Cl)cc1. The van der Waals surface area contributed by atoms with Crippen LogP contribution in [0.15, 0.2) is 65.8 Å². The summed E-state index contributed by atoms with van der Waals surface area (Å²) in [5.74, 6) is -1.63. The number of nitro benzene ring substituents is 1. The topological polar surface area (TPSA) is 140 Å². The van der Waals surface area contributed by atoms with Crippen LogP contribution in [0.3, 0.4) is 0 Å². The lowest BCUT2D eigenvalue weighted by atomic mass is 9.95. The summed E-state index contributed by atoms with van der Waals surface area (Å²) in [5, 5.41) is 18.2. The van der Waals surface area contributed by atoms with E-state index in [1.807, 2.05) is 0 Å². The van der Waals surface area contributed by atoms with Crippen LogP contribution in [0.1, 0.15) is 47.1 Å². The Balaban J connectivity index is 1.75. The van der Waals surface area contributed by atoms with Gasteiger partial charge in [-0.15, -0.1) is 0 Å². The maximum Gasteiger partial charge on any atom is 0.345 e. The van der Waals surface area contributed by atoms with Gasteiger partial charge in [-0.25, -0.2) is 10.2 Å². The number of hydrazone groups is 1. The first-order chi connectivity index (χ1) is 17.8. The molecule has 0 saturated heterocycles. The number of nitrogens with zero attached hydrogens (tertiary/aromatic N) is 2. The molecule has 0 aliphatic carbocycles. The molecule has 3 aromatic carbocycles. The predicted octanol–water partition coefficient (Wildman–Crippen LogP) is 5.87. The van der Waals surface area contributed by atoms with E-state index >= 15 is 0 Å². The number of benzene rings is 3. The monoisotopic (exact) mass is 556 g/mol.